The molecule has 0 atom stereocenters. The van der Waals surface area contributed by atoms with Crippen molar-refractivity contribution in [1.82, 2.24) is 24.1 Å². The standard InChI is InChI=1S/C24H18ClN5OS/c1-16-7-12-21-26-19(13-22(31)29(21)14-16)15-32-24-28-27-23(17-8-10-18(25)11-9-17)30(24)20-5-3-2-4-6-20/h2-14H,15H2,1H3. The Kier molecular flexibility index (Phi) is 5.51. The maximum Gasteiger partial charge on any atom is 0.258 e. The third-order valence-corrected chi connectivity index (χ3v) is 6.17. The summed E-state index contributed by atoms with van der Waals surface area (Å²) in [6, 6.07) is 22.8. The number of aromatic nitrogens is 5. The van der Waals surface area contributed by atoms with E-state index in [1.165, 1.54) is 11.8 Å². The minimum atomic E-state index is -0.0966. The van der Waals surface area contributed by atoms with Gasteiger partial charge in [-0.25, -0.2) is 4.98 Å². The monoisotopic (exact) mass is 459 g/mol. The summed E-state index contributed by atoms with van der Waals surface area (Å²) in [5, 5.41) is 10.3. The molecule has 158 valence electrons. The number of pyridine rings is 1. The molecule has 3 heterocycles. The third-order valence-electron chi connectivity index (χ3n) is 4.96. The van der Waals surface area contributed by atoms with E-state index in [1.54, 1.807) is 16.7 Å². The van der Waals surface area contributed by atoms with Crippen molar-refractivity contribution >= 4 is 29.0 Å². The normalized spacial score (nSPS) is 11.2. The van der Waals surface area contributed by atoms with Gasteiger partial charge in [-0.3, -0.25) is 13.8 Å². The van der Waals surface area contributed by atoms with Crippen LogP contribution < -0.4 is 5.56 Å². The Balaban J connectivity index is 1.51. The predicted molar refractivity (Wildman–Crippen MR) is 128 cm³/mol. The van der Waals surface area contributed by atoms with Gasteiger partial charge < -0.3 is 0 Å². The number of hydrogen-bond donors (Lipinski definition) is 0. The number of benzene rings is 2. The summed E-state index contributed by atoms with van der Waals surface area (Å²) < 4.78 is 3.57. The second kappa shape index (κ2) is 8.61. The number of nitrogens with zero attached hydrogens (tertiary/aromatic N) is 5. The first-order valence-corrected chi connectivity index (χ1v) is 11.3. The fourth-order valence-corrected chi connectivity index (χ4v) is 4.40. The Bertz CT molecular complexity index is 1460. The number of aryl methyl sites for hydroxylation is 1. The van der Waals surface area contributed by atoms with Crippen LogP contribution in [0, 0.1) is 6.92 Å². The topological polar surface area (TPSA) is 65.1 Å². The zero-order valence-corrected chi connectivity index (χ0v) is 18.7. The Morgan fingerprint density at radius 1 is 0.969 bits per heavy atom. The molecule has 5 aromatic rings. The van der Waals surface area contributed by atoms with Gasteiger partial charge in [-0.1, -0.05) is 47.6 Å². The molecule has 0 N–H and O–H groups in total. The average Bonchev–Trinajstić information content (AvgIpc) is 3.23. The molecule has 0 saturated carbocycles. The smallest absolute Gasteiger partial charge is 0.258 e. The number of rotatable bonds is 5. The van der Waals surface area contributed by atoms with Crippen molar-refractivity contribution in [2.24, 2.45) is 0 Å². The van der Waals surface area contributed by atoms with Crippen LogP contribution in [-0.2, 0) is 5.75 Å². The maximum absolute atomic E-state index is 12.5. The summed E-state index contributed by atoms with van der Waals surface area (Å²) in [6.45, 7) is 1.95. The molecule has 0 aliphatic heterocycles. The van der Waals surface area contributed by atoms with Crippen molar-refractivity contribution in [3.8, 4) is 17.1 Å². The Labute approximate surface area is 193 Å². The lowest BCUT2D eigenvalue weighted by molar-refractivity contribution is 0.884. The second-order valence-corrected chi connectivity index (χ2v) is 8.67. The van der Waals surface area contributed by atoms with Crippen LogP contribution in [0.25, 0.3) is 22.7 Å². The lowest BCUT2D eigenvalue weighted by atomic mass is 10.2. The molecule has 32 heavy (non-hydrogen) atoms. The first-order valence-electron chi connectivity index (χ1n) is 9.97. The van der Waals surface area contributed by atoms with E-state index >= 15 is 0 Å². The molecule has 0 aliphatic carbocycles. The quantitative estimate of drug-likeness (QED) is 0.338. The highest BCUT2D eigenvalue weighted by molar-refractivity contribution is 7.98. The van der Waals surface area contributed by atoms with E-state index in [-0.39, 0.29) is 5.56 Å². The molecular weight excluding hydrogens is 442 g/mol. The molecule has 0 spiro atoms. The van der Waals surface area contributed by atoms with Crippen molar-refractivity contribution in [2.75, 3.05) is 0 Å². The van der Waals surface area contributed by atoms with Gasteiger partial charge in [0, 0.05) is 34.3 Å². The van der Waals surface area contributed by atoms with E-state index in [0.717, 1.165) is 22.6 Å². The lowest BCUT2D eigenvalue weighted by Gasteiger charge is -2.10. The Hall–Kier alpha value is -3.42. The highest BCUT2D eigenvalue weighted by Gasteiger charge is 2.17. The summed E-state index contributed by atoms with van der Waals surface area (Å²) in [4.78, 5) is 17.2. The molecule has 0 unspecified atom stereocenters. The largest absolute Gasteiger partial charge is 0.270 e. The summed E-state index contributed by atoms with van der Waals surface area (Å²) in [7, 11) is 0. The summed E-state index contributed by atoms with van der Waals surface area (Å²) in [5.41, 5.74) is 4.10. The summed E-state index contributed by atoms with van der Waals surface area (Å²) >= 11 is 7.55. The molecule has 0 fully saturated rings. The fourth-order valence-electron chi connectivity index (χ4n) is 3.43. The zero-order valence-electron chi connectivity index (χ0n) is 17.1. The Morgan fingerprint density at radius 3 is 2.53 bits per heavy atom. The van der Waals surface area contributed by atoms with E-state index in [1.807, 2.05) is 78.2 Å². The molecule has 0 aliphatic rings. The predicted octanol–water partition coefficient (Wildman–Crippen LogP) is 5.20. The molecular formula is C24H18ClN5OS. The van der Waals surface area contributed by atoms with Gasteiger partial charge in [-0.15, -0.1) is 10.2 Å². The van der Waals surface area contributed by atoms with Crippen molar-refractivity contribution in [3.63, 3.8) is 0 Å². The van der Waals surface area contributed by atoms with Crippen LogP contribution in [0.1, 0.15) is 11.3 Å². The van der Waals surface area contributed by atoms with Gasteiger partial charge in [0.25, 0.3) is 5.56 Å². The third kappa shape index (κ3) is 4.04. The van der Waals surface area contributed by atoms with E-state index in [4.69, 9.17) is 11.6 Å². The van der Waals surface area contributed by atoms with E-state index in [9.17, 15) is 4.79 Å². The Morgan fingerprint density at radius 2 is 1.75 bits per heavy atom. The molecule has 0 radical (unpaired) electrons. The summed E-state index contributed by atoms with van der Waals surface area (Å²) in [5.74, 6) is 1.21. The molecule has 0 amide bonds. The van der Waals surface area contributed by atoms with Gasteiger partial charge in [0.05, 0.1) is 5.69 Å². The maximum atomic E-state index is 12.5. The molecule has 5 rings (SSSR count). The molecule has 2 aromatic carbocycles. The number of thioether (sulfide) groups is 1. The second-order valence-electron chi connectivity index (χ2n) is 7.29. The van der Waals surface area contributed by atoms with Crippen LogP contribution in [0.3, 0.4) is 0 Å². The van der Waals surface area contributed by atoms with Crippen LogP contribution in [0.4, 0.5) is 0 Å². The van der Waals surface area contributed by atoms with Crippen LogP contribution >= 0.6 is 23.4 Å². The van der Waals surface area contributed by atoms with E-state index < -0.39 is 0 Å². The first-order chi connectivity index (χ1) is 15.6. The van der Waals surface area contributed by atoms with Crippen LogP contribution in [0.15, 0.2) is 88.9 Å². The van der Waals surface area contributed by atoms with Crippen molar-refractivity contribution in [3.05, 3.63) is 106 Å². The molecule has 8 heteroatoms. The van der Waals surface area contributed by atoms with Gasteiger partial charge in [0.2, 0.25) is 0 Å². The van der Waals surface area contributed by atoms with Gasteiger partial charge in [0.15, 0.2) is 11.0 Å². The van der Waals surface area contributed by atoms with Crippen LogP contribution in [0.2, 0.25) is 5.02 Å². The minimum absolute atomic E-state index is 0.0966. The van der Waals surface area contributed by atoms with Gasteiger partial charge in [-0.05, 0) is 55.0 Å². The van der Waals surface area contributed by atoms with Crippen LogP contribution in [0.5, 0.6) is 0 Å². The van der Waals surface area contributed by atoms with E-state index in [2.05, 4.69) is 15.2 Å². The van der Waals surface area contributed by atoms with Gasteiger partial charge in [0.1, 0.15) is 5.65 Å². The van der Waals surface area contributed by atoms with Gasteiger partial charge >= 0.3 is 0 Å². The molecule has 0 saturated heterocycles. The highest BCUT2D eigenvalue weighted by atomic mass is 35.5. The van der Waals surface area contributed by atoms with Crippen LogP contribution in [-0.4, -0.2) is 24.1 Å². The van der Waals surface area contributed by atoms with Crippen molar-refractivity contribution in [1.29, 1.82) is 0 Å². The van der Waals surface area contributed by atoms with Crippen molar-refractivity contribution < 1.29 is 0 Å². The molecule has 3 aromatic heterocycles. The average molecular weight is 460 g/mol. The fraction of sp³-hybridized carbons (Fsp3) is 0.0833. The highest BCUT2D eigenvalue weighted by Crippen LogP contribution is 2.30. The first kappa shape index (κ1) is 20.5. The van der Waals surface area contributed by atoms with E-state index in [0.29, 0.717) is 27.3 Å². The van der Waals surface area contributed by atoms with Gasteiger partial charge in [-0.2, -0.15) is 0 Å². The number of fused-ring (bicyclic) bond motifs is 1. The SMILES string of the molecule is Cc1ccc2nc(CSc3nnc(-c4ccc(Cl)cc4)n3-c3ccccc3)cc(=O)n2c1. The number of halogens is 1. The minimum Gasteiger partial charge on any atom is -0.270 e. The van der Waals surface area contributed by atoms with Crippen molar-refractivity contribution in [2.45, 2.75) is 17.8 Å². The molecule has 6 nitrogen and oxygen atoms in total. The number of para-hydroxylation sites is 1. The summed E-state index contributed by atoms with van der Waals surface area (Å²) in [6.07, 6.45) is 1.80. The number of hydrogen-bond acceptors (Lipinski definition) is 5. The molecule has 0 bridgehead atoms. The lowest BCUT2D eigenvalue weighted by Crippen LogP contribution is -2.15. The zero-order chi connectivity index (χ0) is 22.1.